The van der Waals surface area contributed by atoms with Crippen LogP contribution in [0.1, 0.15) is 0 Å². The Morgan fingerprint density at radius 2 is 1.00 bits per heavy atom. The van der Waals surface area contributed by atoms with E-state index in [0.29, 0.717) is 0 Å². The molecule has 0 aliphatic heterocycles. The van der Waals surface area contributed by atoms with Crippen molar-refractivity contribution in [2.45, 2.75) is 0 Å². The molecule has 0 rings (SSSR count). The zero-order chi connectivity index (χ0) is 11.8. The van der Waals surface area contributed by atoms with Crippen molar-refractivity contribution in [1.82, 2.24) is 0 Å². The summed E-state index contributed by atoms with van der Waals surface area (Å²) >= 11 is 0. The molecular weight excluding hydrogens is 238 g/mol. The van der Waals surface area contributed by atoms with Gasteiger partial charge in [0.2, 0.25) is 0 Å². The van der Waals surface area contributed by atoms with Gasteiger partial charge in [-0.05, 0) is 0 Å². The second kappa shape index (κ2) is 7.64. The van der Waals surface area contributed by atoms with Crippen molar-refractivity contribution in [2.75, 3.05) is 25.4 Å². The second-order valence-electron chi connectivity index (χ2n) is 2.35. The Kier molecular flexibility index (Phi) is 9.17. The molecule has 0 saturated carbocycles. The fraction of sp³-hybridized carbons (Fsp3) is 1.00. The van der Waals surface area contributed by atoms with Gasteiger partial charge in [0.1, 0.15) is 7.26 Å². The lowest BCUT2D eigenvalue weighted by Crippen LogP contribution is -2.24. The Morgan fingerprint density at radius 3 is 1.00 bits per heavy atom. The summed E-state index contributed by atoms with van der Waals surface area (Å²) in [5, 5.41) is 34.2. The van der Waals surface area contributed by atoms with E-state index in [0.717, 1.165) is 0 Å². The predicted octanol–water partition coefficient (Wildman–Crippen LogP) is -4.02. The van der Waals surface area contributed by atoms with E-state index in [-0.39, 0.29) is 25.4 Å². The Labute approximate surface area is 81.0 Å². The van der Waals surface area contributed by atoms with Crippen LogP contribution in [-0.2, 0) is 4.57 Å². The van der Waals surface area contributed by atoms with Gasteiger partial charge in [0, 0.05) is 0 Å². The molecule has 4 N–H and O–H groups in total. The summed E-state index contributed by atoms with van der Waals surface area (Å²) in [5.74, 6) is 0. The fourth-order valence-electron chi connectivity index (χ4n) is 0.268. The first-order valence-electron chi connectivity index (χ1n) is 3.26. The molecule has 0 aromatic rings. The van der Waals surface area contributed by atoms with Crippen molar-refractivity contribution in [1.29, 1.82) is 0 Å². The molecule has 14 heavy (non-hydrogen) atoms. The largest absolute Gasteiger partial charge is 0.822 e. The molecule has 10 heteroatoms. The van der Waals surface area contributed by atoms with Crippen LogP contribution in [0.4, 0.5) is 0 Å². The van der Waals surface area contributed by atoms with Crippen LogP contribution in [0, 0.1) is 0 Å². The lowest BCUT2D eigenvalue weighted by atomic mass is 11.6. The minimum atomic E-state index is -5.39. The van der Waals surface area contributed by atoms with Crippen LogP contribution in [0.2, 0.25) is 0 Å². The van der Waals surface area contributed by atoms with Crippen molar-refractivity contribution < 1.29 is 39.7 Å². The maximum atomic E-state index is 8.55. The number of aliphatic hydroxyl groups excluding tert-OH is 4. The van der Waals surface area contributed by atoms with Gasteiger partial charge in [0.15, 0.2) is 25.4 Å². The van der Waals surface area contributed by atoms with Crippen molar-refractivity contribution in [3.8, 4) is 0 Å². The van der Waals surface area contributed by atoms with Crippen molar-refractivity contribution in [3.63, 3.8) is 0 Å². The van der Waals surface area contributed by atoms with Gasteiger partial charge in [-0.25, -0.2) is 0 Å². The van der Waals surface area contributed by atoms with Crippen LogP contribution in [-0.4, -0.2) is 45.8 Å². The summed E-state index contributed by atoms with van der Waals surface area (Å²) in [5.41, 5.74) is 0. The van der Waals surface area contributed by atoms with E-state index in [1.807, 2.05) is 0 Å². The third kappa shape index (κ3) is 10.5. The summed E-state index contributed by atoms with van der Waals surface area (Å²) in [7, 11) is -7.59. The minimum absolute atomic E-state index is 0.295. The van der Waals surface area contributed by atoms with Gasteiger partial charge in [-0.3, -0.25) is 0 Å². The molecule has 0 unspecified atom stereocenters. The predicted molar refractivity (Wildman–Crippen MR) is 42.9 cm³/mol. The highest BCUT2D eigenvalue weighted by molar-refractivity contribution is 7.75. The molecule has 0 aromatic heterocycles. The highest BCUT2D eigenvalue weighted by Crippen LogP contribution is 2.54. The molecule has 88 valence electrons. The molecule has 0 fully saturated rings. The van der Waals surface area contributed by atoms with E-state index < -0.39 is 15.1 Å². The van der Waals surface area contributed by atoms with Crippen LogP contribution in [0.3, 0.4) is 0 Å². The summed E-state index contributed by atoms with van der Waals surface area (Å²) in [4.78, 5) is 25.6. The molecule has 8 nitrogen and oxygen atoms in total. The van der Waals surface area contributed by atoms with Crippen LogP contribution < -0.4 is 14.7 Å². The monoisotopic (exact) mass is 250 g/mol. The Hall–Kier alpha value is 0.380. The lowest BCUT2D eigenvalue weighted by molar-refractivity contribution is -0.432. The van der Waals surface area contributed by atoms with Crippen LogP contribution in [0.5, 0.6) is 0 Å². The quantitative estimate of drug-likeness (QED) is 0.366. The molecule has 0 aliphatic carbocycles. The molecule has 0 radical (unpaired) electrons. The minimum Gasteiger partial charge on any atom is -0.822 e. The Balaban J connectivity index is 0. The molecular formula is C4H12O8P2-2. The average Bonchev–Trinajstić information content (AvgIpc) is 2.07. The van der Waals surface area contributed by atoms with Crippen LogP contribution in [0.15, 0.2) is 0 Å². The highest BCUT2D eigenvalue weighted by Gasteiger charge is 2.34. The first kappa shape index (κ1) is 16.8. The fourth-order valence-corrected chi connectivity index (χ4v) is 0.805. The first-order valence-corrected chi connectivity index (χ1v) is 7.25. The van der Waals surface area contributed by atoms with E-state index in [9.17, 15) is 0 Å². The summed E-state index contributed by atoms with van der Waals surface area (Å²) in [6, 6.07) is 0. The third-order valence-corrected chi connectivity index (χ3v) is 3.60. The summed E-state index contributed by atoms with van der Waals surface area (Å²) in [6.07, 6.45) is -1.18. The van der Waals surface area contributed by atoms with Gasteiger partial charge < -0.3 is 39.7 Å². The van der Waals surface area contributed by atoms with Gasteiger partial charge in [-0.1, -0.05) is 0 Å². The second-order valence-corrected chi connectivity index (χ2v) is 7.06. The van der Waals surface area contributed by atoms with E-state index in [2.05, 4.69) is 0 Å². The number of aliphatic hydroxyl groups is 4. The molecule has 0 bridgehead atoms. The van der Waals surface area contributed by atoms with Gasteiger partial charge in [-0.2, -0.15) is 7.82 Å². The number of rotatable bonds is 4. The Bertz CT molecular complexity index is 148. The molecule has 0 amide bonds. The van der Waals surface area contributed by atoms with E-state index in [1.165, 1.54) is 0 Å². The third-order valence-electron chi connectivity index (χ3n) is 1.20. The van der Waals surface area contributed by atoms with Gasteiger partial charge >= 0.3 is 0 Å². The molecule has 0 saturated heterocycles. The van der Waals surface area contributed by atoms with Crippen LogP contribution >= 0.6 is 15.1 Å². The topological polar surface area (TPSA) is 167 Å². The normalized spacial score (nSPS) is 11.9. The number of hydrogen-bond acceptors (Lipinski definition) is 8. The smallest absolute Gasteiger partial charge is 0.161 e. The molecule has 0 atom stereocenters. The average molecular weight is 250 g/mol. The van der Waals surface area contributed by atoms with Crippen molar-refractivity contribution in [3.05, 3.63) is 0 Å². The van der Waals surface area contributed by atoms with Crippen molar-refractivity contribution >= 4 is 15.1 Å². The first-order chi connectivity index (χ1) is 6.24. The molecule has 0 heterocycles. The van der Waals surface area contributed by atoms with Crippen molar-refractivity contribution in [2.24, 2.45) is 0 Å². The zero-order valence-corrected chi connectivity index (χ0v) is 8.93. The summed E-state index contributed by atoms with van der Waals surface area (Å²) < 4.78 is 8.55. The molecule has 0 spiro atoms. The standard InChI is InChI=1S/C4H12O4P.H3O4P/c5-1-9(2-6,3-7)4-8;1-5(2,3)4/h5-8H,1-4H2;(H3,1,2,3,4)/q+1;/p-3. The molecule has 0 aliphatic rings. The van der Waals surface area contributed by atoms with E-state index >= 15 is 0 Å². The SMILES string of the molecule is O=P([O-])([O-])[O-].OC[P+](CO)(CO)CO. The highest BCUT2D eigenvalue weighted by atomic mass is 31.2. The number of phosphoric acid groups is 1. The lowest BCUT2D eigenvalue weighted by Gasteiger charge is -2.36. The van der Waals surface area contributed by atoms with Gasteiger partial charge in [0.05, 0.1) is 0 Å². The van der Waals surface area contributed by atoms with E-state index in [4.69, 9.17) is 39.7 Å². The maximum absolute atomic E-state index is 8.55. The molecule has 0 aromatic carbocycles. The van der Waals surface area contributed by atoms with E-state index in [1.54, 1.807) is 0 Å². The van der Waals surface area contributed by atoms with Gasteiger partial charge in [0.25, 0.3) is 0 Å². The maximum Gasteiger partial charge on any atom is 0.161 e. The Morgan fingerprint density at radius 1 is 0.857 bits per heavy atom. The zero-order valence-electron chi connectivity index (χ0n) is 7.14. The van der Waals surface area contributed by atoms with Gasteiger partial charge in [-0.15, -0.1) is 0 Å². The number of hydrogen-bond donors (Lipinski definition) is 4. The summed E-state index contributed by atoms with van der Waals surface area (Å²) in [6.45, 7) is 0. The van der Waals surface area contributed by atoms with Crippen LogP contribution in [0.25, 0.3) is 0 Å².